The lowest BCUT2D eigenvalue weighted by atomic mass is 9.64. The summed E-state index contributed by atoms with van der Waals surface area (Å²) in [5.41, 5.74) is -1.40. The molecule has 1 rings (SSSR count). The van der Waals surface area contributed by atoms with Crippen LogP contribution in [-0.4, -0.2) is 34.2 Å². The first-order chi connectivity index (χ1) is 8.51. The van der Waals surface area contributed by atoms with Gasteiger partial charge in [-0.3, -0.25) is 9.59 Å². The Kier molecular flexibility index (Phi) is 4.30. The summed E-state index contributed by atoms with van der Waals surface area (Å²) in [6, 6.07) is -0.0831. The van der Waals surface area contributed by atoms with Crippen LogP contribution in [0.4, 0.5) is 0 Å². The van der Waals surface area contributed by atoms with Crippen LogP contribution >= 0.6 is 0 Å². The van der Waals surface area contributed by atoms with Crippen LogP contribution in [0.2, 0.25) is 0 Å². The third kappa shape index (κ3) is 2.91. The van der Waals surface area contributed by atoms with Crippen molar-refractivity contribution >= 4 is 11.9 Å². The molecule has 1 aliphatic rings. The lowest BCUT2D eigenvalue weighted by Gasteiger charge is -2.49. The number of carboxylic acids is 1. The zero-order valence-corrected chi connectivity index (χ0v) is 12.4. The fraction of sp³-hybridized carbons (Fsp3) is 0.857. The summed E-state index contributed by atoms with van der Waals surface area (Å²) in [6.07, 6.45) is 0.0844. The predicted molar refractivity (Wildman–Crippen MR) is 71.5 cm³/mol. The van der Waals surface area contributed by atoms with Gasteiger partial charge < -0.3 is 15.5 Å². The molecule has 0 radical (unpaired) electrons. The van der Waals surface area contributed by atoms with Gasteiger partial charge in [-0.2, -0.15) is 0 Å². The van der Waals surface area contributed by atoms with Gasteiger partial charge in [-0.1, -0.05) is 27.7 Å². The number of amides is 1. The molecule has 0 spiro atoms. The lowest BCUT2D eigenvalue weighted by Crippen LogP contribution is -2.61. The summed E-state index contributed by atoms with van der Waals surface area (Å²) in [4.78, 5) is 23.3. The van der Waals surface area contributed by atoms with Crippen molar-refractivity contribution in [2.75, 3.05) is 0 Å². The van der Waals surface area contributed by atoms with Crippen LogP contribution in [0.3, 0.4) is 0 Å². The van der Waals surface area contributed by atoms with E-state index in [-0.39, 0.29) is 29.7 Å². The number of aliphatic hydroxyl groups is 1. The Bertz CT molecular complexity index is 378. The number of aliphatic hydroxyl groups excluding tert-OH is 1. The van der Waals surface area contributed by atoms with E-state index >= 15 is 0 Å². The highest BCUT2D eigenvalue weighted by Gasteiger charge is 2.48. The molecular weight excluding hydrogens is 246 g/mol. The van der Waals surface area contributed by atoms with Gasteiger partial charge in [-0.25, -0.2) is 0 Å². The van der Waals surface area contributed by atoms with E-state index in [9.17, 15) is 19.8 Å². The second-order valence-corrected chi connectivity index (χ2v) is 6.75. The van der Waals surface area contributed by atoms with Crippen molar-refractivity contribution in [3.63, 3.8) is 0 Å². The molecule has 0 saturated heterocycles. The highest BCUT2D eigenvalue weighted by Crippen LogP contribution is 2.41. The van der Waals surface area contributed by atoms with Gasteiger partial charge in [0.05, 0.1) is 11.5 Å². The second-order valence-electron chi connectivity index (χ2n) is 6.75. The molecule has 0 heterocycles. The van der Waals surface area contributed by atoms with Crippen LogP contribution in [0.1, 0.15) is 47.5 Å². The number of nitrogens with one attached hydrogen (secondary N) is 1. The van der Waals surface area contributed by atoms with E-state index < -0.39 is 17.5 Å². The summed E-state index contributed by atoms with van der Waals surface area (Å²) in [5.74, 6) is -1.34. The number of carbonyl (C=O) groups excluding carboxylic acids is 1. The first-order valence-corrected chi connectivity index (χ1v) is 6.72. The van der Waals surface area contributed by atoms with Crippen molar-refractivity contribution in [1.82, 2.24) is 5.32 Å². The minimum atomic E-state index is -1.06. The fourth-order valence-electron chi connectivity index (χ4n) is 2.25. The van der Waals surface area contributed by atoms with Crippen LogP contribution in [0, 0.1) is 16.7 Å². The highest BCUT2D eigenvalue weighted by molar-refractivity contribution is 5.85. The Morgan fingerprint density at radius 3 is 2.26 bits per heavy atom. The third-order valence-corrected chi connectivity index (χ3v) is 4.84. The third-order valence-electron chi connectivity index (χ3n) is 4.84. The molecule has 3 N–H and O–H groups in total. The fourth-order valence-corrected chi connectivity index (χ4v) is 2.25. The maximum absolute atomic E-state index is 12.0. The van der Waals surface area contributed by atoms with Crippen molar-refractivity contribution in [2.24, 2.45) is 16.7 Å². The number of hydrogen-bond donors (Lipinski definition) is 3. The minimum absolute atomic E-state index is 0.0390. The summed E-state index contributed by atoms with van der Waals surface area (Å²) in [7, 11) is 0. The summed E-state index contributed by atoms with van der Waals surface area (Å²) in [6.45, 7) is 8.99. The van der Waals surface area contributed by atoms with E-state index in [0.717, 1.165) is 0 Å². The van der Waals surface area contributed by atoms with Crippen LogP contribution in [-0.2, 0) is 9.59 Å². The number of hydrogen-bond acceptors (Lipinski definition) is 3. The summed E-state index contributed by atoms with van der Waals surface area (Å²) >= 11 is 0. The minimum Gasteiger partial charge on any atom is -0.481 e. The van der Waals surface area contributed by atoms with Gasteiger partial charge in [0.15, 0.2) is 0 Å². The summed E-state index contributed by atoms with van der Waals surface area (Å²) < 4.78 is 0. The van der Waals surface area contributed by atoms with E-state index in [4.69, 9.17) is 0 Å². The molecule has 1 amide bonds. The molecule has 1 saturated carbocycles. The average molecular weight is 271 g/mol. The van der Waals surface area contributed by atoms with Crippen LogP contribution in [0.15, 0.2) is 0 Å². The van der Waals surface area contributed by atoms with Crippen LogP contribution in [0.25, 0.3) is 0 Å². The molecule has 1 aliphatic carbocycles. The topological polar surface area (TPSA) is 86.6 Å². The van der Waals surface area contributed by atoms with Crippen molar-refractivity contribution in [2.45, 2.75) is 59.6 Å². The molecule has 3 unspecified atom stereocenters. The second kappa shape index (κ2) is 5.12. The Hall–Kier alpha value is -1.10. The maximum Gasteiger partial charge on any atom is 0.310 e. The van der Waals surface area contributed by atoms with Crippen molar-refractivity contribution in [3.8, 4) is 0 Å². The Balaban J connectivity index is 2.63. The lowest BCUT2D eigenvalue weighted by molar-refractivity contribution is -0.154. The molecule has 5 heteroatoms. The zero-order chi connectivity index (χ0) is 15.0. The van der Waals surface area contributed by atoms with E-state index in [1.54, 1.807) is 20.8 Å². The predicted octanol–water partition coefficient (Wildman–Crippen LogP) is 1.40. The highest BCUT2D eigenvalue weighted by atomic mass is 16.4. The van der Waals surface area contributed by atoms with Gasteiger partial charge in [0.1, 0.15) is 0 Å². The SMILES string of the molecule is CC(C)C(C)(CC(=O)NC1CC(O)C1(C)C)C(=O)O. The molecule has 1 fully saturated rings. The molecule has 19 heavy (non-hydrogen) atoms. The maximum atomic E-state index is 12.0. The average Bonchev–Trinajstić information content (AvgIpc) is 2.27. The molecule has 110 valence electrons. The molecule has 0 aromatic heterocycles. The Morgan fingerprint density at radius 2 is 1.95 bits per heavy atom. The number of rotatable bonds is 5. The first-order valence-electron chi connectivity index (χ1n) is 6.72. The molecule has 0 aromatic rings. The van der Waals surface area contributed by atoms with E-state index in [1.807, 2.05) is 13.8 Å². The molecular formula is C14H25NO4. The smallest absolute Gasteiger partial charge is 0.310 e. The van der Waals surface area contributed by atoms with Gasteiger partial charge >= 0.3 is 5.97 Å². The Morgan fingerprint density at radius 1 is 1.42 bits per heavy atom. The molecule has 0 bridgehead atoms. The van der Waals surface area contributed by atoms with Gasteiger partial charge in [0.2, 0.25) is 5.91 Å². The molecule has 3 atom stereocenters. The number of aliphatic carboxylic acids is 1. The van der Waals surface area contributed by atoms with Crippen molar-refractivity contribution in [3.05, 3.63) is 0 Å². The largest absolute Gasteiger partial charge is 0.481 e. The van der Waals surface area contributed by atoms with Crippen LogP contribution < -0.4 is 5.32 Å². The standard InChI is InChI=1S/C14H25NO4/c1-8(2)14(5,12(18)19)7-11(17)15-9-6-10(16)13(9,3)4/h8-10,16H,6-7H2,1-5H3,(H,15,17)(H,18,19). The summed E-state index contributed by atoms with van der Waals surface area (Å²) in [5, 5.41) is 21.7. The van der Waals surface area contributed by atoms with Gasteiger partial charge in [-0.15, -0.1) is 0 Å². The Labute approximate surface area is 114 Å². The molecule has 0 aliphatic heterocycles. The monoisotopic (exact) mass is 271 g/mol. The van der Waals surface area contributed by atoms with Gasteiger partial charge in [0, 0.05) is 17.9 Å². The van der Waals surface area contributed by atoms with Gasteiger partial charge in [-0.05, 0) is 19.3 Å². The van der Waals surface area contributed by atoms with E-state index in [2.05, 4.69) is 5.32 Å². The normalized spacial score (nSPS) is 28.4. The van der Waals surface area contributed by atoms with Crippen LogP contribution in [0.5, 0.6) is 0 Å². The van der Waals surface area contributed by atoms with E-state index in [0.29, 0.717) is 6.42 Å². The van der Waals surface area contributed by atoms with Crippen molar-refractivity contribution < 1.29 is 19.8 Å². The number of carbonyl (C=O) groups is 2. The molecule has 0 aromatic carbocycles. The van der Waals surface area contributed by atoms with Gasteiger partial charge in [0.25, 0.3) is 0 Å². The van der Waals surface area contributed by atoms with E-state index in [1.165, 1.54) is 0 Å². The van der Waals surface area contributed by atoms with Crippen molar-refractivity contribution in [1.29, 1.82) is 0 Å². The quantitative estimate of drug-likeness (QED) is 0.705. The molecule has 5 nitrogen and oxygen atoms in total. The zero-order valence-electron chi connectivity index (χ0n) is 12.4. The first kappa shape index (κ1) is 16.0. The number of carboxylic acid groups (broad SMARTS) is 1.